The highest BCUT2D eigenvalue weighted by molar-refractivity contribution is 4.89. The van der Waals surface area contributed by atoms with E-state index in [1.54, 1.807) is 6.92 Å². The summed E-state index contributed by atoms with van der Waals surface area (Å²) in [6.07, 6.45) is -8.34. The Morgan fingerprint density at radius 1 is 0.900 bits per heavy atom. The third kappa shape index (κ3) is 8.60. The van der Waals surface area contributed by atoms with Crippen molar-refractivity contribution >= 4 is 0 Å². The van der Waals surface area contributed by atoms with E-state index in [1.807, 2.05) is 0 Å². The van der Waals surface area contributed by atoms with Crippen LogP contribution in [0, 0.1) is 0 Å². The first kappa shape index (κ1) is 27.6. The molecule has 0 aliphatic carbocycles. The maximum atomic E-state index is 10.1. The largest absolute Gasteiger partial charge is 0.389 e. The van der Waals surface area contributed by atoms with Gasteiger partial charge < -0.3 is 56.3 Å². The zero-order chi connectivity index (χ0) is 22.7. The number of nitrogens with one attached hydrogen (secondary N) is 1. The lowest BCUT2D eigenvalue weighted by Gasteiger charge is -2.40. The maximum Gasteiger partial charge on any atom is 0.186 e. The van der Waals surface area contributed by atoms with Gasteiger partial charge in [-0.2, -0.15) is 0 Å². The van der Waals surface area contributed by atoms with E-state index in [9.17, 15) is 35.7 Å². The quantitative estimate of drug-likeness (QED) is 0.116. The molecule has 1 heterocycles. The molecule has 1 fully saturated rings. The lowest BCUT2D eigenvalue weighted by molar-refractivity contribution is -0.303. The standard InChI is InChI=1S/C19H40N2O9/c1-2-13-16(26)17(27)18(28)19(30-13)29-10-12(23)15(25)14(24)11(22)9-21-8-6-4-3-5-7-20/h11-19,21-28H,2-10,20H2,1H3/t11?,12?,13?,14-,15+,16+,17+,18?,19-/m0/s1. The van der Waals surface area contributed by atoms with Crippen LogP contribution in [0.15, 0.2) is 0 Å². The Hall–Kier alpha value is -0.440. The van der Waals surface area contributed by atoms with Crippen LogP contribution in [0.4, 0.5) is 0 Å². The Morgan fingerprint density at radius 2 is 1.53 bits per heavy atom. The molecule has 11 heteroatoms. The van der Waals surface area contributed by atoms with Crippen LogP contribution in [-0.4, -0.2) is 117 Å². The molecular formula is C19H40N2O9. The second kappa shape index (κ2) is 14.6. The first-order valence-corrected chi connectivity index (χ1v) is 10.7. The average Bonchev–Trinajstić information content (AvgIpc) is 2.74. The highest BCUT2D eigenvalue weighted by Crippen LogP contribution is 2.24. The van der Waals surface area contributed by atoms with Crippen LogP contribution in [-0.2, 0) is 9.47 Å². The number of nitrogens with two attached hydrogens (primary N) is 1. The molecule has 0 spiro atoms. The number of unbranched alkanes of at least 4 members (excludes halogenated alkanes) is 3. The Bertz CT molecular complexity index is 446. The summed E-state index contributed by atoms with van der Waals surface area (Å²) < 4.78 is 10.6. The number of hydrogen-bond donors (Lipinski definition) is 9. The molecule has 0 aromatic heterocycles. The molecule has 9 atom stereocenters. The van der Waals surface area contributed by atoms with Crippen LogP contribution >= 0.6 is 0 Å². The molecule has 180 valence electrons. The van der Waals surface area contributed by atoms with Gasteiger partial charge in [0.1, 0.15) is 36.6 Å². The van der Waals surface area contributed by atoms with Crippen LogP contribution in [0.2, 0.25) is 0 Å². The van der Waals surface area contributed by atoms with Gasteiger partial charge in [0, 0.05) is 6.54 Å². The second-order valence-corrected chi connectivity index (χ2v) is 7.78. The van der Waals surface area contributed by atoms with E-state index in [1.165, 1.54) is 0 Å². The summed E-state index contributed by atoms with van der Waals surface area (Å²) in [5.41, 5.74) is 5.42. The minimum Gasteiger partial charge on any atom is -0.389 e. The molecule has 0 aromatic rings. The SMILES string of the molecule is CCC1O[C@H](OCC(O)[C@@H](O)[C@@H](O)C(O)CNCCCCCCN)C(O)[C@H](O)[C@@H]1O. The van der Waals surface area contributed by atoms with E-state index in [-0.39, 0.29) is 6.54 Å². The Morgan fingerprint density at radius 3 is 2.17 bits per heavy atom. The number of aliphatic hydroxyl groups excluding tert-OH is 7. The fraction of sp³-hybridized carbons (Fsp3) is 1.00. The van der Waals surface area contributed by atoms with Crippen molar-refractivity contribution in [3.8, 4) is 0 Å². The zero-order valence-electron chi connectivity index (χ0n) is 17.6. The minimum absolute atomic E-state index is 0.0371. The summed E-state index contributed by atoms with van der Waals surface area (Å²) in [4.78, 5) is 0. The molecule has 0 radical (unpaired) electrons. The van der Waals surface area contributed by atoms with Gasteiger partial charge in [-0.3, -0.25) is 0 Å². The van der Waals surface area contributed by atoms with Crippen molar-refractivity contribution in [2.75, 3.05) is 26.2 Å². The van der Waals surface area contributed by atoms with Gasteiger partial charge in [0.05, 0.1) is 18.8 Å². The summed E-state index contributed by atoms with van der Waals surface area (Å²) in [7, 11) is 0. The first-order chi connectivity index (χ1) is 14.2. The number of ether oxygens (including phenoxy) is 2. The van der Waals surface area contributed by atoms with E-state index < -0.39 is 61.7 Å². The third-order valence-corrected chi connectivity index (χ3v) is 5.30. The summed E-state index contributed by atoms with van der Waals surface area (Å²) in [5, 5.41) is 72.8. The highest BCUT2D eigenvalue weighted by atomic mass is 16.7. The molecule has 0 saturated carbocycles. The van der Waals surface area contributed by atoms with Crippen molar-refractivity contribution in [2.24, 2.45) is 5.73 Å². The van der Waals surface area contributed by atoms with E-state index >= 15 is 0 Å². The topological polar surface area (TPSA) is 198 Å². The summed E-state index contributed by atoms with van der Waals surface area (Å²) in [6, 6.07) is 0. The maximum absolute atomic E-state index is 10.1. The predicted octanol–water partition coefficient (Wildman–Crippen LogP) is -3.23. The van der Waals surface area contributed by atoms with Gasteiger partial charge in [-0.25, -0.2) is 0 Å². The average molecular weight is 441 g/mol. The normalized spacial score (nSPS) is 31.3. The first-order valence-electron chi connectivity index (χ1n) is 10.7. The van der Waals surface area contributed by atoms with E-state index in [0.717, 1.165) is 25.7 Å². The van der Waals surface area contributed by atoms with Crippen LogP contribution in [0.25, 0.3) is 0 Å². The summed E-state index contributed by atoms with van der Waals surface area (Å²) in [5.74, 6) is 0. The van der Waals surface area contributed by atoms with Crippen molar-refractivity contribution in [3.63, 3.8) is 0 Å². The van der Waals surface area contributed by atoms with Crippen LogP contribution in [0.1, 0.15) is 39.0 Å². The van der Waals surface area contributed by atoms with Crippen LogP contribution in [0.3, 0.4) is 0 Å². The molecule has 1 saturated heterocycles. The van der Waals surface area contributed by atoms with Crippen molar-refractivity contribution in [1.29, 1.82) is 0 Å². The number of aliphatic hydroxyl groups is 7. The predicted molar refractivity (Wildman–Crippen MR) is 107 cm³/mol. The van der Waals surface area contributed by atoms with E-state index in [2.05, 4.69) is 5.32 Å². The van der Waals surface area contributed by atoms with Gasteiger partial charge in [-0.15, -0.1) is 0 Å². The number of rotatable bonds is 15. The molecular weight excluding hydrogens is 400 g/mol. The molecule has 0 bridgehead atoms. The van der Waals surface area contributed by atoms with Crippen molar-refractivity contribution < 1.29 is 45.2 Å². The van der Waals surface area contributed by atoms with E-state index in [4.69, 9.17) is 15.2 Å². The highest BCUT2D eigenvalue weighted by Gasteiger charge is 2.44. The van der Waals surface area contributed by atoms with Crippen molar-refractivity contribution in [3.05, 3.63) is 0 Å². The van der Waals surface area contributed by atoms with Crippen LogP contribution in [0.5, 0.6) is 0 Å². The van der Waals surface area contributed by atoms with Gasteiger partial charge in [0.25, 0.3) is 0 Å². The Balaban J connectivity index is 2.35. The van der Waals surface area contributed by atoms with Gasteiger partial charge in [0.2, 0.25) is 0 Å². The van der Waals surface area contributed by atoms with Crippen LogP contribution < -0.4 is 11.1 Å². The van der Waals surface area contributed by atoms with Gasteiger partial charge >= 0.3 is 0 Å². The molecule has 1 rings (SSSR count). The molecule has 10 N–H and O–H groups in total. The zero-order valence-corrected chi connectivity index (χ0v) is 17.6. The second-order valence-electron chi connectivity index (χ2n) is 7.78. The fourth-order valence-corrected chi connectivity index (χ4v) is 3.26. The molecule has 1 aliphatic rings. The van der Waals surface area contributed by atoms with Crippen molar-refractivity contribution in [1.82, 2.24) is 5.32 Å². The lowest BCUT2D eigenvalue weighted by Crippen LogP contribution is -2.58. The Labute approximate surface area is 177 Å². The molecule has 4 unspecified atom stereocenters. The molecule has 11 nitrogen and oxygen atoms in total. The third-order valence-electron chi connectivity index (χ3n) is 5.30. The summed E-state index contributed by atoms with van der Waals surface area (Å²) in [6.45, 7) is 2.53. The van der Waals surface area contributed by atoms with E-state index in [0.29, 0.717) is 19.5 Å². The monoisotopic (exact) mass is 440 g/mol. The van der Waals surface area contributed by atoms with Gasteiger partial charge in [-0.05, 0) is 32.4 Å². The summed E-state index contributed by atoms with van der Waals surface area (Å²) >= 11 is 0. The molecule has 1 aliphatic heterocycles. The van der Waals surface area contributed by atoms with Crippen molar-refractivity contribution in [2.45, 2.75) is 94.1 Å². The molecule has 30 heavy (non-hydrogen) atoms. The molecule has 0 aromatic carbocycles. The smallest absolute Gasteiger partial charge is 0.186 e. The Kier molecular flexibility index (Phi) is 13.4. The lowest BCUT2D eigenvalue weighted by atomic mass is 9.97. The minimum atomic E-state index is -1.70. The fourth-order valence-electron chi connectivity index (χ4n) is 3.26. The number of hydrogen-bond acceptors (Lipinski definition) is 11. The van der Waals surface area contributed by atoms with Gasteiger partial charge in [0.15, 0.2) is 6.29 Å². The van der Waals surface area contributed by atoms with Gasteiger partial charge in [-0.1, -0.05) is 19.8 Å². The molecule has 0 amide bonds.